The molecule has 0 aliphatic carbocycles. The quantitative estimate of drug-likeness (QED) is 0.841. The van der Waals surface area contributed by atoms with Crippen molar-refractivity contribution in [3.8, 4) is 0 Å². The molecule has 1 aromatic carbocycles. The van der Waals surface area contributed by atoms with Crippen LogP contribution in [0.2, 0.25) is 0 Å². The lowest BCUT2D eigenvalue weighted by atomic mass is 9.97. The molecule has 1 saturated heterocycles. The largest absolute Gasteiger partial charge is 0.348 e. The van der Waals surface area contributed by atoms with E-state index < -0.39 is 0 Å². The van der Waals surface area contributed by atoms with E-state index in [0.717, 1.165) is 19.5 Å². The van der Waals surface area contributed by atoms with Crippen LogP contribution in [-0.2, 0) is 0 Å². The fraction of sp³-hybridized carbons (Fsp3) is 0.500. The molecule has 0 bridgehead atoms. The second-order valence-electron chi connectivity index (χ2n) is 5.13. The van der Waals surface area contributed by atoms with Crippen LogP contribution in [-0.4, -0.2) is 25.0 Å². The van der Waals surface area contributed by atoms with Gasteiger partial charge in [0.1, 0.15) is 5.82 Å². The summed E-state index contributed by atoms with van der Waals surface area (Å²) in [6, 6.07) is 4.61. The van der Waals surface area contributed by atoms with Crippen LogP contribution in [0.3, 0.4) is 0 Å². The van der Waals surface area contributed by atoms with Crippen LogP contribution >= 0.6 is 0 Å². The number of amides is 1. The van der Waals surface area contributed by atoms with Crippen LogP contribution < -0.4 is 10.6 Å². The second-order valence-corrected chi connectivity index (χ2v) is 5.13. The van der Waals surface area contributed by atoms with Gasteiger partial charge in [-0.3, -0.25) is 4.79 Å². The number of benzene rings is 1. The number of aryl methyl sites for hydroxylation is 1. The van der Waals surface area contributed by atoms with Crippen molar-refractivity contribution in [2.24, 2.45) is 5.92 Å². The number of carbonyl (C=O) groups is 1. The average molecular weight is 250 g/mol. The average Bonchev–Trinajstić information content (AvgIpc) is 2.32. The van der Waals surface area contributed by atoms with E-state index >= 15 is 0 Å². The third kappa shape index (κ3) is 3.07. The Morgan fingerprint density at radius 3 is 2.89 bits per heavy atom. The molecule has 0 aromatic heterocycles. The Labute approximate surface area is 107 Å². The van der Waals surface area contributed by atoms with E-state index in [0.29, 0.717) is 17.0 Å². The van der Waals surface area contributed by atoms with Crippen molar-refractivity contribution < 1.29 is 9.18 Å². The number of hydrogen-bond acceptors (Lipinski definition) is 2. The van der Waals surface area contributed by atoms with E-state index in [4.69, 9.17) is 0 Å². The minimum absolute atomic E-state index is 0.126. The van der Waals surface area contributed by atoms with Gasteiger partial charge in [0, 0.05) is 18.2 Å². The van der Waals surface area contributed by atoms with Gasteiger partial charge in [0.05, 0.1) is 0 Å². The lowest BCUT2D eigenvalue weighted by Crippen LogP contribution is -2.48. The van der Waals surface area contributed by atoms with E-state index in [1.807, 2.05) is 0 Å². The van der Waals surface area contributed by atoms with Gasteiger partial charge in [-0.25, -0.2) is 4.39 Å². The van der Waals surface area contributed by atoms with Gasteiger partial charge < -0.3 is 10.6 Å². The summed E-state index contributed by atoms with van der Waals surface area (Å²) in [5.74, 6) is 0.164. The van der Waals surface area contributed by atoms with Gasteiger partial charge in [0.25, 0.3) is 5.91 Å². The summed E-state index contributed by atoms with van der Waals surface area (Å²) in [6.45, 7) is 5.63. The summed E-state index contributed by atoms with van der Waals surface area (Å²) < 4.78 is 13.1. The number of nitrogens with one attached hydrogen (secondary N) is 2. The molecule has 0 saturated carbocycles. The zero-order valence-corrected chi connectivity index (χ0v) is 10.8. The van der Waals surface area contributed by atoms with E-state index in [1.165, 1.54) is 12.1 Å². The molecule has 2 rings (SSSR count). The molecule has 3 nitrogen and oxygen atoms in total. The number of hydrogen-bond donors (Lipinski definition) is 2. The maximum Gasteiger partial charge on any atom is 0.251 e. The first-order chi connectivity index (χ1) is 8.56. The standard InChI is InChI=1S/C14H19FN2O/c1-9-5-12(8-16-7-9)17-14(18)11-3-4-13(15)10(2)6-11/h3-4,6,9,12,16H,5,7-8H2,1-2H3,(H,17,18). The van der Waals surface area contributed by atoms with Crippen LogP contribution in [0.4, 0.5) is 4.39 Å². The Hall–Kier alpha value is -1.42. The van der Waals surface area contributed by atoms with E-state index in [2.05, 4.69) is 17.6 Å². The Morgan fingerprint density at radius 1 is 1.44 bits per heavy atom. The van der Waals surface area contributed by atoms with Crippen LogP contribution in [0.1, 0.15) is 29.3 Å². The Morgan fingerprint density at radius 2 is 2.22 bits per heavy atom. The smallest absolute Gasteiger partial charge is 0.251 e. The second kappa shape index (κ2) is 5.48. The molecule has 1 amide bonds. The molecule has 1 fully saturated rings. The number of carbonyl (C=O) groups excluding carboxylic acids is 1. The SMILES string of the molecule is Cc1cc(C(=O)NC2CNCC(C)C2)ccc1F. The van der Waals surface area contributed by atoms with E-state index in [9.17, 15) is 9.18 Å². The molecule has 4 heteroatoms. The van der Waals surface area contributed by atoms with Crippen molar-refractivity contribution in [3.63, 3.8) is 0 Å². The van der Waals surface area contributed by atoms with Crippen LogP contribution in [0.25, 0.3) is 0 Å². The van der Waals surface area contributed by atoms with E-state index in [-0.39, 0.29) is 17.8 Å². The molecular weight excluding hydrogens is 231 g/mol. The maximum atomic E-state index is 13.1. The first kappa shape index (κ1) is 13.0. The molecule has 0 radical (unpaired) electrons. The van der Waals surface area contributed by atoms with Gasteiger partial charge in [-0.1, -0.05) is 6.92 Å². The zero-order chi connectivity index (χ0) is 13.1. The highest BCUT2D eigenvalue weighted by Gasteiger charge is 2.20. The zero-order valence-electron chi connectivity index (χ0n) is 10.8. The van der Waals surface area contributed by atoms with E-state index in [1.54, 1.807) is 13.0 Å². The molecule has 18 heavy (non-hydrogen) atoms. The van der Waals surface area contributed by atoms with Crippen molar-refractivity contribution >= 4 is 5.91 Å². The minimum atomic E-state index is -0.278. The highest BCUT2D eigenvalue weighted by Crippen LogP contribution is 2.12. The maximum absolute atomic E-state index is 13.1. The summed E-state index contributed by atoms with van der Waals surface area (Å²) in [5.41, 5.74) is 1.02. The topological polar surface area (TPSA) is 41.1 Å². The molecule has 1 aliphatic rings. The van der Waals surface area contributed by atoms with Gasteiger partial charge in [-0.2, -0.15) is 0 Å². The minimum Gasteiger partial charge on any atom is -0.348 e. The number of rotatable bonds is 2. The summed E-state index contributed by atoms with van der Waals surface area (Å²) >= 11 is 0. The summed E-state index contributed by atoms with van der Waals surface area (Å²) in [5, 5.41) is 6.28. The monoisotopic (exact) mass is 250 g/mol. The van der Waals surface area contributed by atoms with Crippen molar-refractivity contribution in [2.75, 3.05) is 13.1 Å². The van der Waals surface area contributed by atoms with Crippen molar-refractivity contribution in [3.05, 3.63) is 35.1 Å². The third-order valence-electron chi connectivity index (χ3n) is 3.33. The van der Waals surface area contributed by atoms with Crippen molar-refractivity contribution in [1.82, 2.24) is 10.6 Å². The van der Waals surface area contributed by atoms with Gasteiger partial charge in [-0.05, 0) is 49.6 Å². The van der Waals surface area contributed by atoms with Crippen LogP contribution in [0.15, 0.2) is 18.2 Å². The number of piperidine rings is 1. The third-order valence-corrected chi connectivity index (χ3v) is 3.33. The van der Waals surface area contributed by atoms with Crippen molar-refractivity contribution in [1.29, 1.82) is 0 Å². The van der Waals surface area contributed by atoms with Crippen molar-refractivity contribution in [2.45, 2.75) is 26.3 Å². The van der Waals surface area contributed by atoms with Crippen LogP contribution in [0.5, 0.6) is 0 Å². The predicted octanol–water partition coefficient (Wildman–Crippen LogP) is 1.86. The molecule has 0 spiro atoms. The molecule has 2 unspecified atom stereocenters. The molecule has 1 aliphatic heterocycles. The highest BCUT2D eigenvalue weighted by molar-refractivity contribution is 5.94. The fourth-order valence-electron chi connectivity index (χ4n) is 2.32. The summed E-state index contributed by atoms with van der Waals surface area (Å²) in [6.07, 6.45) is 0.985. The number of halogens is 1. The van der Waals surface area contributed by atoms with Gasteiger partial charge in [0.2, 0.25) is 0 Å². The highest BCUT2D eigenvalue weighted by atomic mass is 19.1. The molecule has 2 atom stereocenters. The molecule has 98 valence electrons. The molecular formula is C14H19FN2O. The summed E-state index contributed by atoms with van der Waals surface area (Å²) in [4.78, 5) is 12.0. The first-order valence-corrected chi connectivity index (χ1v) is 6.34. The normalized spacial score (nSPS) is 23.7. The molecule has 2 N–H and O–H groups in total. The summed E-state index contributed by atoms with van der Waals surface area (Å²) in [7, 11) is 0. The lowest BCUT2D eigenvalue weighted by molar-refractivity contribution is 0.0925. The fourth-order valence-corrected chi connectivity index (χ4v) is 2.32. The lowest BCUT2D eigenvalue weighted by Gasteiger charge is -2.28. The van der Waals surface area contributed by atoms with Gasteiger partial charge in [-0.15, -0.1) is 0 Å². The predicted molar refractivity (Wildman–Crippen MR) is 69.0 cm³/mol. The first-order valence-electron chi connectivity index (χ1n) is 6.34. The van der Waals surface area contributed by atoms with Gasteiger partial charge in [0.15, 0.2) is 0 Å². The van der Waals surface area contributed by atoms with Crippen LogP contribution in [0, 0.1) is 18.7 Å². The Balaban J connectivity index is 2.00. The molecule has 1 heterocycles. The molecule has 1 aromatic rings. The Bertz CT molecular complexity index is 447. The Kier molecular flexibility index (Phi) is 3.97. The van der Waals surface area contributed by atoms with Gasteiger partial charge >= 0.3 is 0 Å².